The largest absolute Gasteiger partial charge is 0.356 e. The van der Waals surface area contributed by atoms with Crippen LogP contribution in [0.1, 0.15) is 6.42 Å². The second-order valence-corrected chi connectivity index (χ2v) is 5.47. The molecule has 2 N–H and O–H groups in total. The number of hydrogen-bond acceptors (Lipinski definition) is 3. The van der Waals surface area contributed by atoms with E-state index in [1.165, 1.54) is 12.1 Å². The number of halogens is 2. The normalized spacial score (nSPS) is 14.4. The Morgan fingerprint density at radius 1 is 1.37 bits per heavy atom. The number of amides is 1. The number of carbonyl (C=O) groups excluding carboxylic acids is 1. The van der Waals surface area contributed by atoms with Gasteiger partial charge in [0.05, 0.1) is 5.92 Å². The Morgan fingerprint density at radius 3 is 2.63 bits per heavy atom. The van der Waals surface area contributed by atoms with Crippen LogP contribution in [0.25, 0.3) is 0 Å². The molecule has 0 saturated carbocycles. The van der Waals surface area contributed by atoms with Gasteiger partial charge in [0.15, 0.2) is 0 Å². The van der Waals surface area contributed by atoms with Crippen LogP contribution >= 0.6 is 24.2 Å². The van der Waals surface area contributed by atoms with Crippen molar-refractivity contribution >= 4 is 30.1 Å². The molecule has 19 heavy (non-hydrogen) atoms. The first-order valence-electron chi connectivity index (χ1n) is 6.12. The summed E-state index contributed by atoms with van der Waals surface area (Å²) < 4.78 is 12.7. The number of hydrogen-bond donors (Lipinski definition) is 2. The zero-order valence-corrected chi connectivity index (χ0v) is 12.2. The van der Waals surface area contributed by atoms with E-state index in [-0.39, 0.29) is 30.0 Å². The maximum Gasteiger partial charge on any atom is 0.225 e. The van der Waals surface area contributed by atoms with E-state index < -0.39 is 0 Å². The van der Waals surface area contributed by atoms with Crippen LogP contribution in [0.2, 0.25) is 0 Å². The molecular formula is C13H18ClFN2OS. The summed E-state index contributed by atoms with van der Waals surface area (Å²) in [6.07, 6.45) is 0.925. The fourth-order valence-corrected chi connectivity index (χ4v) is 2.48. The lowest BCUT2D eigenvalue weighted by molar-refractivity contribution is -0.126. The molecule has 3 nitrogen and oxygen atoms in total. The van der Waals surface area contributed by atoms with Crippen LogP contribution in [0, 0.1) is 11.7 Å². The van der Waals surface area contributed by atoms with Crippen molar-refractivity contribution in [1.29, 1.82) is 0 Å². The van der Waals surface area contributed by atoms with E-state index in [0.29, 0.717) is 6.54 Å². The Bertz CT molecular complexity index is 398. The lowest BCUT2D eigenvalue weighted by atomic mass is 10.0. The van der Waals surface area contributed by atoms with Gasteiger partial charge in [-0.3, -0.25) is 4.79 Å². The highest BCUT2D eigenvalue weighted by Gasteiger charge is 2.23. The fraction of sp³-hybridized carbons (Fsp3) is 0.462. The van der Waals surface area contributed by atoms with Gasteiger partial charge in [-0.25, -0.2) is 4.39 Å². The predicted octanol–water partition coefficient (Wildman–Crippen LogP) is 2.07. The average Bonchev–Trinajstić information content (AvgIpc) is 2.29. The van der Waals surface area contributed by atoms with Crippen LogP contribution in [0.4, 0.5) is 4.39 Å². The molecule has 1 aromatic carbocycles. The third kappa shape index (κ3) is 5.38. The van der Waals surface area contributed by atoms with Gasteiger partial charge in [-0.1, -0.05) is 0 Å². The minimum atomic E-state index is -0.208. The molecule has 0 radical (unpaired) electrons. The lowest BCUT2D eigenvalue weighted by Gasteiger charge is -2.25. The van der Waals surface area contributed by atoms with Crippen LogP contribution in [-0.4, -0.2) is 31.3 Å². The van der Waals surface area contributed by atoms with Gasteiger partial charge in [0.25, 0.3) is 0 Å². The molecule has 1 aliphatic rings. The summed E-state index contributed by atoms with van der Waals surface area (Å²) in [6, 6.07) is 6.48. The van der Waals surface area contributed by atoms with Crippen molar-refractivity contribution in [3.05, 3.63) is 30.1 Å². The van der Waals surface area contributed by atoms with Gasteiger partial charge in [0, 0.05) is 24.5 Å². The first-order valence-corrected chi connectivity index (χ1v) is 7.11. The molecule has 0 unspecified atom stereocenters. The minimum Gasteiger partial charge on any atom is -0.356 e. The first kappa shape index (κ1) is 16.3. The van der Waals surface area contributed by atoms with Gasteiger partial charge in [-0.05, 0) is 36.4 Å². The quantitative estimate of drug-likeness (QED) is 0.624. The highest BCUT2D eigenvalue weighted by atomic mass is 35.5. The molecule has 1 aromatic rings. The lowest BCUT2D eigenvalue weighted by Crippen LogP contribution is -2.50. The Kier molecular flexibility index (Phi) is 7.20. The van der Waals surface area contributed by atoms with Crippen molar-refractivity contribution in [1.82, 2.24) is 10.6 Å². The van der Waals surface area contributed by atoms with E-state index in [9.17, 15) is 9.18 Å². The Balaban J connectivity index is 0.00000180. The van der Waals surface area contributed by atoms with E-state index in [1.54, 1.807) is 23.9 Å². The second-order valence-electron chi connectivity index (χ2n) is 4.30. The Morgan fingerprint density at radius 2 is 2.05 bits per heavy atom. The van der Waals surface area contributed by atoms with E-state index in [4.69, 9.17) is 0 Å². The molecule has 0 spiro atoms. The fourth-order valence-electron chi connectivity index (χ4n) is 1.62. The molecule has 0 bridgehead atoms. The summed E-state index contributed by atoms with van der Waals surface area (Å²) in [7, 11) is 0. The Hall–Kier alpha value is -0.780. The van der Waals surface area contributed by atoms with E-state index in [2.05, 4.69) is 10.6 Å². The van der Waals surface area contributed by atoms with Crippen LogP contribution in [0.15, 0.2) is 29.2 Å². The summed E-state index contributed by atoms with van der Waals surface area (Å²) in [6.45, 7) is 2.32. The summed E-state index contributed by atoms with van der Waals surface area (Å²) in [5.41, 5.74) is 0. The summed E-state index contributed by atoms with van der Waals surface area (Å²) in [5.74, 6) is 1.03. The number of nitrogens with one attached hydrogen (secondary N) is 2. The van der Waals surface area contributed by atoms with E-state index in [0.717, 1.165) is 30.2 Å². The number of thioether (sulfide) groups is 1. The third-order valence-corrected chi connectivity index (χ3v) is 3.95. The molecule has 0 aliphatic carbocycles. The highest BCUT2D eigenvalue weighted by molar-refractivity contribution is 7.99. The zero-order valence-electron chi connectivity index (χ0n) is 10.5. The van der Waals surface area contributed by atoms with Crippen LogP contribution < -0.4 is 10.6 Å². The summed E-state index contributed by atoms with van der Waals surface area (Å²) in [5, 5.41) is 6.00. The smallest absolute Gasteiger partial charge is 0.225 e. The molecular weight excluding hydrogens is 287 g/mol. The number of rotatable bonds is 6. The van der Waals surface area contributed by atoms with Crippen LogP contribution in [0.3, 0.4) is 0 Å². The average molecular weight is 305 g/mol. The number of carbonyl (C=O) groups is 1. The van der Waals surface area contributed by atoms with Crippen molar-refractivity contribution in [2.24, 2.45) is 5.92 Å². The molecule has 0 atom stereocenters. The van der Waals surface area contributed by atoms with Gasteiger partial charge in [-0.2, -0.15) is 0 Å². The molecule has 1 heterocycles. The monoisotopic (exact) mass is 304 g/mol. The van der Waals surface area contributed by atoms with Crippen molar-refractivity contribution in [2.45, 2.75) is 11.3 Å². The number of benzene rings is 1. The predicted molar refractivity (Wildman–Crippen MR) is 78.4 cm³/mol. The van der Waals surface area contributed by atoms with E-state index in [1.807, 2.05) is 0 Å². The van der Waals surface area contributed by atoms with Gasteiger partial charge in [0.2, 0.25) is 5.91 Å². The topological polar surface area (TPSA) is 41.1 Å². The third-order valence-electron chi connectivity index (χ3n) is 2.85. The highest BCUT2D eigenvalue weighted by Crippen LogP contribution is 2.18. The van der Waals surface area contributed by atoms with Crippen LogP contribution in [-0.2, 0) is 4.79 Å². The first-order chi connectivity index (χ1) is 8.75. The maximum atomic E-state index is 12.7. The molecule has 6 heteroatoms. The van der Waals surface area contributed by atoms with Crippen molar-refractivity contribution < 1.29 is 9.18 Å². The van der Waals surface area contributed by atoms with Gasteiger partial charge in [-0.15, -0.1) is 24.2 Å². The molecule has 2 rings (SSSR count). The minimum absolute atomic E-state index is 0. The van der Waals surface area contributed by atoms with E-state index >= 15 is 0 Å². The summed E-state index contributed by atoms with van der Waals surface area (Å²) in [4.78, 5) is 12.6. The molecule has 1 aliphatic heterocycles. The molecule has 1 fully saturated rings. The van der Waals surface area contributed by atoms with Gasteiger partial charge in [0.1, 0.15) is 5.82 Å². The van der Waals surface area contributed by atoms with Crippen molar-refractivity contribution in [2.75, 3.05) is 25.4 Å². The van der Waals surface area contributed by atoms with Gasteiger partial charge < -0.3 is 10.6 Å². The SMILES string of the molecule is Cl.O=C(NCCCSc1ccc(F)cc1)C1CNC1. The van der Waals surface area contributed by atoms with Crippen molar-refractivity contribution in [3.8, 4) is 0 Å². The molecule has 106 valence electrons. The standard InChI is InChI=1S/C13H17FN2OS.ClH/c14-11-2-4-12(5-3-11)18-7-1-6-16-13(17)10-8-15-9-10;/h2-5,10,15H,1,6-9H2,(H,16,17);1H. The van der Waals surface area contributed by atoms with Crippen LogP contribution in [0.5, 0.6) is 0 Å². The molecule has 1 saturated heterocycles. The second kappa shape index (κ2) is 8.40. The summed E-state index contributed by atoms with van der Waals surface area (Å²) >= 11 is 1.68. The molecule has 1 amide bonds. The van der Waals surface area contributed by atoms with Crippen molar-refractivity contribution in [3.63, 3.8) is 0 Å². The Labute approximate surface area is 123 Å². The zero-order chi connectivity index (χ0) is 12.8. The molecule has 0 aromatic heterocycles. The maximum absolute atomic E-state index is 12.7. The van der Waals surface area contributed by atoms with Gasteiger partial charge >= 0.3 is 0 Å².